The molecule has 0 amide bonds. The van der Waals surface area contributed by atoms with Crippen molar-refractivity contribution >= 4 is 0 Å². The van der Waals surface area contributed by atoms with Gasteiger partial charge in [0, 0.05) is 7.11 Å². The summed E-state index contributed by atoms with van der Waals surface area (Å²) in [6.45, 7) is 3.07. The normalized spacial score (nSPS) is 39.0. The van der Waals surface area contributed by atoms with Crippen LogP contribution in [0.1, 0.15) is 32.6 Å². The molecular weight excluding hydrogens is 140 g/mol. The van der Waals surface area contributed by atoms with Gasteiger partial charge < -0.3 is 9.84 Å². The van der Waals surface area contributed by atoms with Gasteiger partial charge in [-0.05, 0) is 31.1 Å². The van der Waals surface area contributed by atoms with Crippen molar-refractivity contribution in [3.63, 3.8) is 0 Å². The molecule has 1 rings (SSSR count). The Morgan fingerprint density at radius 3 is 2.45 bits per heavy atom. The molecule has 1 aliphatic rings. The number of hydrogen-bond donors (Lipinski definition) is 1. The van der Waals surface area contributed by atoms with Crippen molar-refractivity contribution in [1.82, 2.24) is 0 Å². The maximum absolute atomic E-state index is 9.27. The summed E-state index contributed by atoms with van der Waals surface area (Å²) in [5.41, 5.74) is 0.327. The molecule has 2 nitrogen and oxygen atoms in total. The van der Waals surface area contributed by atoms with E-state index in [0.29, 0.717) is 5.41 Å². The highest BCUT2D eigenvalue weighted by Crippen LogP contribution is 2.35. The molecule has 0 aromatic rings. The molecule has 0 aromatic heterocycles. The second-order valence-electron chi connectivity index (χ2n) is 3.97. The van der Waals surface area contributed by atoms with Crippen molar-refractivity contribution in [1.29, 1.82) is 0 Å². The van der Waals surface area contributed by atoms with Gasteiger partial charge in [0.05, 0.1) is 12.7 Å². The fraction of sp³-hybridized carbons (Fsp3) is 1.00. The summed E-state index contributed by atoms with van der Waals surface area (Å²) >= 11 is 0. The van der Waals surface area contributed by atoms with Crippen molar-refractivity contribution in [3.05, 3.63) is 0 Å². The van der Waals surface area contributed by atoms with Crippen LogP contribution in [-0.2, 0) is 4.74 Å². The van der Waals surface area contributed by atoms with Crippen LogP contribution in [0.4, 0.5) is 0 Å². The van der Waals surface area contributed by atoms with Crippen LogP contribution in [-0.4, -0.2) is 24.9 Å². The molecule has 1 saturated carbocycles. The zero-order chi connectivity index (χ0) is 8.32. The fourth-order valence-electron chi connectivity index (χ4n) is 1.79. The molecule has 0 atom stereocenters. The molecule has 1 N–H and O–H groups in total. The summed E-state index contributed by atoms with van der Waals surface area (Å²) in [6, 6.07) is 0. The largest absolute Gasteiger partial charge is 0.393 e. The summed E-state index contributed by atoms with van der Waals surface area (Å²) < 4.78 is 5.14. The molecule has 0 saturated heterocycles. The Bertz CT molecular complexity index is 115. The first-order valence-electron chi connectivity index (χ1n) is 4.33. The first-order valence-corrected chi connectivity index (χ1v) is 4.33. The Balaban J connectivity index is 2.35. The molecule has 2 heteroatoms. The maximum Gasteiger partial charge on any atom is 0.0540 e. The van der Waals surface area contributed by atoms with E-state index < -0.39 is 0 Å². The first kappa shape index (κ1) is 9.01. The highest BCUT2D eigenvalue weighted by molar-refractivity contribution is 4.81. The van der Waals surface area contributed by atoms with Gasteiger partial charge in [-0.3, -0.25) is 0 Å². The average Bonchev–Trinajstić information content (AvgIpc) is 1.97. The number of ether oxygens (including phenoxy) is 1. The topological polar surface area (TPSA) is 29.5 Å². The predicted octanol–water partition coefficient (Wildman–Crippen LogP) is 1.57. The van der Waals surface area contributed by atoms with E-state index in [1.807, 2.05) is 0 Å². The van der Waals surface area contributed by atoms with Crippen molar-refractivity contribution in [2.24, 2.45) is 5.41 Å². The third-order valence-electron chi connectivity index (χ3n) is 2.66. The van der Waals surface area contributed by atoms with Gasteiger partial charge in [-0.1, -0.05) is 6.92 Å². The number of aliphatic hydroxyl groups excluding tert-OH is 1. The molecule has 0 aromatic carbocycles. The molecule has 1 aliphatic carbocycles. The van der Waals surface area contributed by atoms with Gasteiger partial charge in [-0.2, -0.15) is 0 Å². The van der Waals surface area contributed by atoms with E-state index in [1.54, 1.807) is 7.11 Å². The SMILES string of the molecule is COCC1(C)CCC(O)CC1. The van der Waals surface area contributed by atoms with Crippen LogP contribution in [0.15, 0.2) is 0 Å². The lowest BCUT2D eigenvalue weighted by atomic mass is 9.75. The Morgan fingerprint density at radius 1 is 1.45 bits per heavy atom. The number of rotatable bonds is 2. The van der Waals surface area contributed by atoms with Crippen LogP contribution in [0.2, 0.25) is 0 Å². The second-order valence-corrected chi connectivity index (χ2v) is 3.97. The van der Waals surface area contributed by atoms with Crippen LogP contribution in [0.25, 0.3) is 0 Å². The summed E-state index contributed by atoms with van der Waals surface area (Å²) in [5.74, 6) is 0. The molecule has 0 unspecified atom stereocenters. The highest BCUT2D eigenvalue weighted by Gasteiger charge is 2.29. The van der Waals surface area contributed by atoms with Crippen LogP contribution >= 0.6 is 0 Å². The lowest BCUT2D eigenvalue weighted by molar-refractivity contribution is 0.0185. The second kappa shape index (κ2) is 3.55. The van der Waals surface area contributed by atoms with Crippen molar-refractivity contribution < 1.29 is 9.84 Å². The van der Waals surface area contributed by atoms with Gasteiger partial charge in [-0.25, -0.2) is 0 Å². The number of methoxy groups -OCH3 is 1. The Morgan fingerprint density at radius 2 is 2.00 bits per heavy atom. The monoisotopic (exact) mass is 158 g/mol. The van der Waals surface area contributed by atoms with Gasteiger partial charge >= 0.3 is 0 Å². The maximum atomic E-state index is 9.27. The number of aliphatic hydroxyl groups is 1. The smallest absolute Gasteiger partial charge is 0.0540 e. The summed E-state index contributed by atoms with van der Waals surface area (Å²) in [5, 5.41) is 9.27. The molecule has 11 heavy (non-hydrogen) atoms. The van der Waals surface area contributed by atoms with E-state index in [0.717, 1.165) is 32.3 Å². The minimum absolute atomic E-state index is 0.0556. The molecule has 0 heterocycles. The predicted molar refractivity (Wildman–Crippen MR) is 44.5 cm³/mol. The van der Waals surface area contributed by atoms with Gasteiger partial charge in [0.1, 0.15) is 0 Å². The zero-order valence-electron chi connectivity index (χ0n) is 7.47. The third kappa shape index (κ3) is 2.46. The van der Waals surface area contributed by atoms with Gasteiger partial charge in [0.2, 0.25) is 0 Å². The van der Waals surface area contributed by atoms with Crippen molar-refractivity contribution in [3.8, 4) is 0 Å². The average molecular weight is 158 g/mol. The lowest BCUT2D eigenvalue weighted by Gasteiger charge is -2.34. The fourth-order valence-corrected chi connectivity index (χ4v) is 1.79. The molecule has 1 fully saturated rings. The first-order chi connectivity index (χ1) is 5.16. The van der Waals surface area contributed by atoms with Crippen molar-refractivity contribution in [2.75, 3.05) is 13.7 Å². The molecule has 0 bridgehead atoms. The van der Waals surface area contributed by atoms with E-state index in [-0.39, 0.29) is 6.10 Å². The van der Waals surface area contributed by atoms with E-state index in [9.17, 15) is 5.11 Å². The molecule has 0 aliphatic heterocycles. The Kier molecular flexibility index (Phi) is 2.90. The van der Waals surface area contributed by atoms with Crippen molar-refractivity contribution in [2.45, 2.75) is 38.7 Å². The van der Waals surface area contributed by atoms with E-state index in [2.05, 4.69) is 6.92 Å². The van der Waals surface area contributed by atoms with Gasteiger partial charge in [0.15, 0.2) is 0 Å². The van der Waals surface area contributed by atoms with E-state index in [1.165, 1.54) is 0 Å². The summed E-state index contributed by atoms with van der Waals surface area (Å²) in [7, 11) is 1.75. The Labute approximate surface area is 68.6 Å². The molecule has 0 spiro atoms. The van der Waals surface area contributed by atoms with Gasteiger partial charge in [-0.15, -0.1) is 0 Å². The third-order valence-corrected chi connectivity index (χ3v) is 2.66. The highest BCUT2D eigenvalue weighted by atomic mass is 16.5. The van der Waals surface area contributed by atoms with Crippen LogP contribution < -0.4 is 0 Å². The summed E-state index contributed by atoms with van der Waals surface area (Å²) in [4.78, 5) is 0. The van der Waals surface area contributed by atoms with Crippen LogP contribution in [0.5, 0.6) is 0 Å². The molecule has 0 radical (unpaired) electrons. The standard InChI is InChI=1S/C9H18O2/c1-9(7-11-2)5-3-8(10)4-6-9/h8,10H,3-7H2,1-2H3. The Hall–Kier alpha value is -0.0800. The lowest BCUT2D eigenvalue weighted by Crippen LogP contribution is -2.30. The van der Waals surface area contributed by atoms with Gasteiger partial charge in [0.25, 0.3) is 0 Å². The minimum Gasteiger partial charge on any atom is -0.393 e. The zero-order valence-corrected chi connectivity index (χ0v) is 7.47. The molecule has 66 valence electrons. The van der Waals surface area contributed by atoms with Crippen LogP contribution in [0.3, 0.4) is 0 Å². The quantitative estimate of drug-likeness (QED) is 0.661. The number of hydrogen-bond acceptors (Lipinski definition) is 2. The van der Waals surface area contributed by atoms with E-state index in [4.69, 9.17) is 4.74 Å². The minimum atomic E-state index is -0.0556. The summed E-state index contributed by atoms with van der Waals surface area (Å²) in [6.07, 6.45) is 4.03. The van der Waals surface area contributed by atoms with Crippen LogP contribution in [0, 0.1) is 5.41 Å². The van der Waals surface area contributed by atoms with E-state index >= 15 is 0 Å². The molecular formula is C9H18O2.